The van der Waals surface area contributed by atoms with Gasteiger partial charge in [0.25, 0.3) is 5.91 Å². The Morgan fingerprint density at radius 2 is 1.23 bits per heavy atom. The second kappa shape index (κ2) is 24.8. The van der Waals surface area contributed by atoms with E-state index in [0.717, 1.165) is 12.8 Å². The maximum absolute atomic E-state index is 12.9. The number of hydrogen-bond acceptors (Lipinski definition) is 11. The van der Waals surface area contributed by atoms with Crippen molar-refractivity contribution >= 4 is 23.5 Å². The van der Waals surface area contributed by atoms with Crippen molar-refractivity contribution in [2.24, 2.45) is 23.4 Å². The molecular weight excluding hydrogens is 514 g/mol. The minimum atomic E-state index is -0.703. The number of amides is 3. The van der Waals surface area contributed by atoms with Crippen LogP contribution in [0.4, 0.5) is 0 Å². The molecular formula is C25H49N5O9. The van der Waals surface area contributed by atoms with Gasteiger partial charge in [-0.25, -0.2) is 5.84 Å². The van der Waals surface area contributed by atoms with E-state index in [2.05, 4.69) is 10.6 Å². The zero-order valence-electron chi connectivity index (χ0n) is 23.7. The Hall–Kier alpha value is -2.20. The summed E-state index contributed by atoms with van der Waals surface area (Å²) in [5, 5.41) is 5.34. The third kappa shape index (κ3) is 20.4. The van der Waals surface area contributed by atoms with Crippen LogP contribution in [-0.4, -0.2) is 109 Å². The second-order valence-corrected chi connectivity index (χ2v) is 9.07. The minimum Gasteiger partial charge on any atom is -0.377 e. The number of carbonyl (C=O) groups excluding carboxylic acids is 4. The molecule has 0 aliphatic heterocycles. The molecule has 0 saturated carbocycles. The molecule has 39 heavy (non-hydrogen) atoms. The van der Waals surface area contributed by atoms with Crippen molar-refractivity contribution in [1.82, 2.24) is 16.1 Å². The van der Waals surface area contributed by atoms with Gasteiger partial charge in [0.1, 0.15) is 13.2 Å². The predicted molar refractivity (Wildman–Crippen MR) is 143 cm³/mol. The van der Waals surface area contributed by atoms with Gasteiger partial charge in [-0.2, -0.15) is 0 Å². The molecule has 0 fully saturated rings. The first-order valence-corrected chi connectivity index (χ1v) is 13.4. The van der Waals surface area contributed by atoms with Crippen molar-refractivity contribution in [3.05, 3.63) is 0 Å². The van der Waals surface area contributed by atoms with Crippen LogP contribution in [-0.2, 0) is 42.9 Å². The van der Waals surface area contributed by atoms with Gasteiger partial charge in [0.05, 0.1) is 58.9 Å². The average molecular weight is 564 g/mol. The lowest BCUT2D eigenvalue weighted by atomic mass is 9.89. The summed E-state index contributed by atoms with van der Waals surface area (Å²) in [6, 6.07) is -0.703. The molecule has 0 spiro atoms. The summed E-state index contributed by atoms with van der Waals surface area (Å²) < 4.78 is 26.4. The van der Waals surface area contributed by atoms with Crippen LogP contribution in [0.15, 0.2) is 0 Å². The second-order valence-electron chi connectivity index (χ2n) is 9.07. The number of unbranched alkanes of at least 4 members (excludes halogenated alkanes) is 1. The summed E-state index contributed by atoms with van der Waals surface area (Å²) in [5.41, 5.74) is 7.49. The molecule has 0 aromatic rings. The van der Waals surface area contributed by atoms with Crippen LogP contribution < -0.4 is 27.6 Å². The maximum Gasteiger partial charge on any atom is 0.259 e. The van der Waals surface area contributed by atoms with E-state index in [1.54, 1.807) is 7.05 Å². The molecule has 0 unspecified atom stereocenters. The molecule has 0 aliphatic carbocycles. The molecule has 0 bridgehead atoms. The highest BCUT2D eigenvalue weighted by Crippen LogP contribution is 2.17. The third-order valence-electron chi connectivity index (χ3n) is 5.52. The van der Waals surface area contributed by atoms with Crippen molar-refractivity contribution in [2.75, 3.05) is 79.7 Å². The zero-order chi connectivity index (χ0) is 29.3. The van der Waals surface area contributed by atoms with Crippen LogP contribution in [0.5, 0.6) is 0 Å². The summed E-state index contributed by atoms with van der Waals surface area (Å²) in [6.45, 7) is 6.49. The van der Waals surface area contributed by atoms with Crippen molar-refractivity contribution < 1.29 is 42.9 Å². The Balaban J connectivity index is 3.98. The molecule has 0 heterocycles. The fraction of sp³-hybridized carbons (Fsp3) is 0.840. The monoisotopic (exact) mass is 563 g/mol. The minimum absolute atomic E-state index is 0.0556. The van der Waals surface area contributed by atoms with Crippen LogP contribution in [0, 0.1) is 11.8 Å². The fourth-order valence-corrected chi connectivity index (χ4v) is 3.42. The molecule has 0 aliphatic rings. The Morgan fingerprint density at radius 1 is 0.744 bits per heavy atom. The summed E-state index contributed by atoms with van der Waals surface area (Å²) >= 11 is 0. The number of hydrogen-bond donors (Lipinski definition) is 5. The SMILES string of the molecule is CNC(=O)[C@H](CCCCN)CC(=O)[C@@H](NC(=O)COCCOCCOCCOCCOCC(=O)NN)C(C)C. The number of ether oxygens (including phenoxy) is 5. The molecule has 3 amide bonds. The largest absolute Gasteiger partial charge is 0.377 e. The standard InChI is InChI=1S/C25H49N5O9/c1-19(2)24(21(31)16-20(25(34)28-3)6-4-5-7-26)29-22(32)17-38-14-12-36-10-8-35-9-11-37-13-15-39-18-23(33)30-27/h19-20,24H,4-18,26-27H2,1-3H3,(H,28,34)(H,29,32)(H,30,33)/t20-,24+/m1/s1. The van der Waals surface area contributed by atoms with E-state index < -0.39 is 23.8 Å². The Labute approximate surface area is 231 Å². The highest BCUT2D eigenvalue weighted by atomic mass is 16.6. The van der Waals surface area contributed by atoms with E-state index in [-0.39, 0.29) is 57.1 Å². The van der Waals surface area contributed by atoms with E-state index in [0.29, 0.717) is 46.0 Å². The Morgan fingerprint density at radius 3 is 1.67 bits per heavy atom. The number of nitrogens with two attached hydrogens (primary N) is 2. The number of carbonyl (C=O) groups is 4. The normalized spacial score (nSPS) is 12.7. The van der Waals surface area contributed by atoms with Gasteiger partial charge in [-0.05, 0) is 25.3 Å². The highest BCUT2D eigenvalue weighted by molar-refractivity contribution is 5.92. The predicted octanol–water partition coefficient (Wildman–Crippen LogP) is -1.35. The lowest BCUT2D eigenvalue weighted by molar-refractivity contribution is -0.134. The quantitative estimate of drug-likeness (QED) is 0.0360. The first-order valence-electron chi connectivity index (χ1n) is 13.4. The van der Waals surface area contributed by atoms with Gasteiger partial charge in [-0.1, -0.05) is 20.3 Å². The van der Waals surface area contributed by atoms with Crippen LogP contribution in [0.1, 0.15) is 39.5 Å². The smallest absolute Gasteiger partial charge is 0.259 e. The molecule has 7 N–H and O–H groups in total. The van der Waals surface area contributed by atoms with Crippen LogP contribution >= 0.6 is 0 Å². The number of ketones is 1. The number of rotatable bonds is 26. The van der Waals surface area contributed by atoms with Gasteiger partial charge in [-0.15, -0.1) is 0 Å². The molecule has 0 radical (unpaired) electrons. The number of nitrogens with one attached hydrogen (secondary N) is 3. The lowest BCUT2D eigenvalue weighted by Crippen LogP contribution is -2.47. The summed E-state index contributed by atoms with van der Waals surface area (Å²) in [7, 11) is 1.55. The lowest BCUT2D eigenvalue weighted by Gasteiger charge is -2.23. The molecule has 14 nitrogen and oxygen atoms in total. The fourth-order valence-electron chi connectivity index (χ4n) is 3.42. The Bertz CT molecular complexity index is 682. The van der Waals surface area contributed by atoms with Crippen LogP contribution in [0.25, 0.3) is 0 Å². The molecule has 0 rings (SSSR count). The van der Waals surface area contributed by atoms with E-state index in [4.69, 9.17) is 35.3 Å². The van der Waals surface area contributed by atoms with Crippen LogP contribution in [0.3, 0.4) is 0 Å². The van der Waals surface area contributed by atoms with Crippen molar-refractivity contribution in [1.29, 1.82) is 0 Å². The third-order valence-corrected chi connectivity index (χ3v) is 5.52. The molecule has 228 valence electrons. The van der Waals surface area contributed by atoms with Gasteiger partial charge in [-0.3, -0.25) is 24.6 Å². The topological polar surface area (TPSA) is 203 Å². The zero-order valence-corrected chi connectivity index (χ0v) is 23.7. The number of Topliss-reactive ketones (excluding diaryl/α,β-unsaturated/α-hetero) is 1. The van der Waals surface area contributed by atoms with Gasteiger partial charge >= 0.3 is 0 Å². The van der Waals surface area contributed by atoms with Crippen molar-refractivity contribution in [2.45, 2.75) is 45.6 Å². The summed E-state index contributed by atoms with van der Waals surface area (Å²) in [5.74, 6) is 3.16. The van der Waals surface area contributed by atoms with E-state index in [9.17, 15) is 19.2 Å². The first-order chi connectivity index (χ1) is 18.8. The maximum atomic E-state index is 12.9. The summed E-state index contributed by atoms with van der Waals surface area (Å²) in [4.78, 5) is 48.3. The molecule has 0 aromatic heterocycles. The van der Waals surface area contributed by atoms with Crippen molar-refractivity contribution in [3.8, 4) is 0 Å². The molecule has 0 saturated heterocycles. The van der Waals surface area contributed by atoms with E-state index in [1.165, 1.54) is 0 Å². The highest BCUT2D eigenvalue weighted by Gasteiger charge is 2.28. The van der Waals surface area contributed by atoms with Gasteiger partial charge in [0.2, 0.25) is 11.8 Å². The van der Waals surface area contributed by atoms with Gasteiger partial charge in [0.15, 0.2) is 5.78 Å². The molecule has 2 atom stereocenters. The van der Waals surface area contributed by atoms with Crippen molar-refractivity contribution in [3.63, 3.8) is 0 Å². The molecule has 0 aromatic carbocycles. The molecule has 14 heteroatoms. The Kier molecular flexibility index (Phi) is 23.4. The average Bonchev–Trinajstić information content (AvgIpc) is 2.92. The van der Waals surface area contributed by atoms with E-state index in [1.807, 2.05) is 19.3 Å². The number of hydrazine groups is 1. The first kappa shape index (κ1) is 36.8. The van der Waals surface area contributed by atoms with E-state index >= 15 is 0 Å². The summed E-state index contributed by atoms with van der Waals surface area (Å²) in [6.07, 6.45) is 2.16. The van der Waals surface area contributed by atoms with Crippen LogP contribution in [0.2, 0.25) is 0 Å². The van der Waals surface area contributed by atoms with Gasteiger partial charge in [0, 0.05) is 19.4 Å². The van der Waals surface area contributed by atoms with Gasteiger partial charge < -0.3 is 40.1 Å².